The van der Waals surface area contributed by atoms with Crippen molar-refractivity contribution in [2.24, 2.45) is 0 Å². The van der Waals surface area contributed by atoms with Crippen LogP contribution < -0.4 is 11.1 Å². The molecule has 2 heterocycles. The number of aromatic nitrogens is 1. The van der Waals surface area contributed by atoms with Gasteiger partial charge in [-0.15, -0.1) is 0 Å². The SMILES string of the molecule is CCC(CC)NC(=O)c1c(-c2c(I)oc3ccccc23)noc1N. The van der Waals surface area contributed by atoms with E-state index in [0.717, 1.165) is 29.4 Å². The predicted octanol–water partition coefficient (Wildman–Crippen LogP) is 4.19. The Hall–Kier alpha value is -2.03. The number of fused-ring (bicyclic) bond motifs is 1. The van der Waals surface area contributed by atoms with Crippen molar-refractivity contribution in [3.05, 3.63) is 33.6 Å². The Labute approximate surface area is 152 Å². The molecule has 7 heteroatoms. The standard InChI is InChI=1S/C17H18IN3O3/c1-3-9(4-2)20-17(22)13-14(21-24-16(13)19)12-10-7-5-6-8-11(10)23-15(12)18/h5-9H,3-4,19H2,1-2H3,(H,20,22). The van der Waals surface area contributed by atoms with E-state index in [-0.39, 0.29) is 23.4 Å². The van der Waals surface area contributed by atoms with Crippen molar-refractivity contribution >= 4 is 45.4 Å². The van der Waals surface area contributed by atoms with Gasteiger partial charge in [0, 0.05) is 34.0 Å². The number of furan rings is 1. The van der Waals surface area contributed by atoms with Gasteiger partial charge >= 0.3 is 0 Å². The van der Waals surface area contributed by atoms with Crippen LogP contribution in [0.5, 0.6) is 0 Å². The van der Waals surface area contributed by atoms with Crippen LogP contribution in [0, 0.1) is 3.77 Å². The minimum Gasteiger partial charge on any atom is -0.450 e. The van der Waals surface area contributed by atoms with Crippen LogP contribution in [0.1, 0.15) is 37.0 Å². The highest BCUT2D eigenvalue weighted by Crippen LogP contribution is 2.38. The molecule has 24 heavy (non-hydrogen) atoms. The molecule has 1 amide bonds. The summed E-state index contributed by atoms with van der Waals surface area (Å²) in [6.45, 7) is 4.05. The molecule has 0 aliphatic rings. The van der Waals surface area contributed by atoms with Gasteiger partial charge < -0.3 is 20.0 Å². The fourth-order valence-electron chi connectivity index (χ4n) is 2.68. The van der Waals surface area contributed by atoms with Gasteiger partial charge in [-0.25, -0.2) is 0 Å². The number of nitrogens with two attached hydrogens (primary N) is 1. The van der Waals surface area contributed by atoms with Crippen LogP contribution in [-0.4, -0.2) is 17.1 Å². The third-order valence-electron chi connectivity index (χ3n) is 4.06. The number of hydrogen-bond donors (Lipinski definition) is 2. The molecular formula is C17H18IN3O3. The molecular weight excluding hydrogens is 421 g/mol. The first kappa shape index (κ1) is 16.8. The number of carbonyl (C=O) groups excluding carboxylic acids is 1. The number of hydrogen-bond acceptors (Lipinski definition) is 5. The third-order valence-corrected chi connectivity index (χ3v) is 4.82. The first-order valence-electron chi connectivity index (χ1n) is 7.80. The lowest BCUT2D eigenvalue weighted by atomic mass is 10.1. The Balaban J connectivity index is 2.10. The lowest BCUT2D eigenvalue weighted by Crippen LogP contribution is -2.34. The van der Waals surface area contributed by atoms with E-state index in [0.29, 0.717) is 9.46 Å². The quantitative estimate of drug-likeness (QED) is 0.582. The Kier molecular flexibility index (Phi) is 4.79. The maximum atomic E-state index is 12.7. The van der Waals surface area contributed by atoms with Crippen molar-refractivity contribution < 1.29 is 13.7 Å². The topological polar surface area (TPSA) is 94.3 Å². The number of carbonyl (C=O) groups is 1. The van der Waals surface area contributed by atoms with Crippen LogP contribution in [-0.2, 0) is 0 Å². The number of rotatable bonds is 5. The summed E-state index contributed by atoms with van der Waals surface area (Å²) in [6, 6.07) is 7.67. The fourth-order valence-corrected chi connectivity index (χ4v) is 3.46. The van der Waals surface area contributed by atoms with Crippen LogP contribution in [0.4, 0.5) is 5.88 Å². The van der Waals surface area contributed by atoms with Crippen LogP contribution in [0.25, 0.3) is 22.2 Å². The summed E-state index contributed by atoms with van der Waals surface area (Å²) < 4.78 is 11.5. The van der Waals surface area contributed by atoms with E-state index >= 15 is 0 Å². The van der Waals surface area contributed by atoms with Crippen LogP contribution in [0.15, 0.2) is 33.2 Å². The van der Waals surface area contributed by atoms with Crippen LogP contribution in [0.3, 0.4) is 0 Å². The number of nitrogens with zero attached hydrogens (tertiary/aromatic N) is 1. The molecule has 0 bridgehead atoms. The number of nitrogen functional groups attached to an aromatic ring is 1. The number of amides is 1. The molecule has 0 saturated carbocycles. The summed E-state index contributed by atoms with van der Waals surface area (Å²) in [5, 5.41) is 7.87. The predicted molar refractivity (Wildman–Crippen MR) is 101 cm³/mol. The molecule has 0 aliphatic heterocycles. The first-order valence-corrected chi connectivity index (χ1v) is 8.88. The van der Waals surface area contributed by atoms with Crippen LogP contribution in [0.2, 0.25) is 0 Å². The minimum atomic E-state index is -0.279. The van der Waals surface area contributed by atoms with Crippen molar-refractivity contribution in [2.75, 3.05) is 5.73 Å². The van der Waals surface area contributed by atoms with Crippen molar-refractivity contribution in [3.8, 4) is 11.3 Å². The lowest BCUT2D eigenvalue weighted by Gasteiger charge is -2.14. The minimum absolute atomic E-state index is 0.00883. The Morgan fingerprint density at radius 2 is 2.04 bits per heavy atom. The Bertz CT molecular complexity index is 880. The zero-order valence-corrected chi connectivity index (χ0v) is 15.6. The van der Waals surface area contributed by atoms with Gasteiger partial charge in [0.2, 0.25) is 5.88 Å². The molecule has 6 nitrogen and oxygen atoms in total. The lowest BCUT2D eigenvalue weighted by molar-refractivity contribution is 0.0936. The number of halogens is 1. The summed E-state index contributed by atoms with van der Waals surface area (Å²) in [4.78, 5) is 12.7. The van der Waals surface area contributed by atoms with Crippen LogP contribution >= 0.6 is 22.6 Å². The van der Waals surface area contributed by atoms with Crippen molar-refractivity contribution in [1.29, 1.82) is 0 Å². The third kappa shape index (κ3) is 2.88. The smallest absolute Gasteiger partial charge is 0.259 e. The highest BCUT2D eigenvalue weighted by Gasteiger charge is 2.28. The molecule has 3 N–H and O–H groups in total. The van der Waals surface area contributed by atoms with Crippen molar-refractivity contribution in [3.63, 3.8) is 0 Å². The Morgan fingerprint density at radius 1 is 1.33 bits per heavy atom. The summed E-state index contributed by atoms with van der Waals surface area (Å²) in [5.74, 6) is -0.270. The molecule has 1 aromatic carbocycles. The second-order valence-electron chi connectivity index (χ2n) is 5.50. The highest BCUT2D eigenvalue weighted by atomic mass is 127. The number of anilines is 1. The van der Waals surface area contributed by atoms with Gasteiger partial charge in [-0.05, 0) is 18.9 Å². The molecule has 0 atom stereocenters. The molecule has 0 unspecified atom stereocenters. The van der Waals surface area contributed by atoms with E-state index in [1.54, 1.807) is 0 Å². The van der Waals surface area contributed by atoms with Gasteiger partial charge in [-0.1, -0.05) is 37.2 Å². The van der Waals surface area contributed by atoms with E-state index in [1.165, 1.54) is 0 Å². The van der Waals surface area contributed by atoms with Gasteiger partial charge in [0.25, 0.3) is 5.91 Å². The largest absolute Gasteiger partial charge is 0.450 e. The maximum Gasteiger partial charge on any atom is 0.259 e. The van der Waals surface area contributed by atoms with Gasteiger partial charge in [0.1, 0.15) is 16.8 Å². The van der Waals surface area contributed by atoms with E-state index in [2.05, 4.69) is 33.1 Å². The monoisotopic (exact) mass is 439 g/mol. The van der Waals surface area contributed by atoms with E-state index in [9.17, 15) is 4.79 Å². The summed E-state index contributed by atoms with van der Waals surface area (Å²) >= 11 is 2.09. The average Bonchev–Trinajstić information content (AvgIpc) is 3.11. The molecule has 2 aromatic heterocycles. The second-order valence-corrected chi connectivity index (χ2v) is 6.48. The van der Waals surface area contributed by atoms with Gasteiger partial charge in [-0.2, -0.15) is 0 Å². The van der Waals surface area contributed by atoms with E-state index < -0.39 is 0 Å². The average molecular weight is 439 g/mol. The molecule has 0 aliphatic carbocycles. The maximum absolute atomic E-state index is 12.7. The molecule has 126 valence electrons. The number of benzene rings is 1. The summed E-state index contributed by atoms with van der Waals surface area (Å²) in [6.07, 6.45) is 1.68. The summed E-state index contributed by atoms with van der Waals surface area (Å²) in [7, 11) is 0. The molecule has 0 saturated heterocycles. The van der Waals surface area contributed by atoms with E-state index in [4.69, 9.17) is 14.7 Å². The molecule has 0 spiro atoms. The van der Waals surface area contributed by atoms with Gasteiger partial charge in [0.05, 0.1) is 5.56 Å². The molecule has 3 rings (SSSR count). The fraction of sp³-hybridized carbons (Fsp3) is 0.294. The van der Waals surface area contributed by atoms with Gasteiger partial charge in [0.15, 0.2) is 3.77 Å². The number of nitrogens with one attached hydrogen (secondary N) is 1. The normalized spacial score (nSPS) is 11.3. The Morgan fingerprint density at radius 3 is 2.75 bits per heavy atom. The van der Waals surface area contributed by atoms with E-state index in [1.807, 2.05) is 38.1 Å². The first-order chi connectivity index (χ1) is 11.6. The molecule has 0 radical (unpaired) electrons. The molecule has 0 fully saturated rings. The summed E-state index contributed by atoms with van der Waals surface area (Å²) in [5.41, 5.74) is 7.99. The zero-order chi connectivity index (χ0) is 17.3. The number of para-hydroxylation sites is 1. The van der Waals surface area contributed by atoms with Crippen molar-refractivity contribution in [1.82, 2.24) is 10.5 Å². The van der Waals surface area contributed by atoms with Crippen molar-refractivity contribution in [2.45, 2.75) is 32.7 Å². The highest BCUT2D eigenvalue weighted by molar-refractivity contribution is 14.1. The second kappa shape index (κ2) is 6.84. The zero-order valence-electron chi connectivity index (χ0n) is 13.4. The molecule has 3 aromatic rings. The van der Waals surface area contributed by atoms with Gasteiger partial charge in [-0.3, -0.25) is 4.79 Å².